The summed E-state index contributed by atoms with van der Waals surface area (Å²) in [5.74, 6) is -2.87. The van der Waals surface area contributed by atoms with Crippen molar-refractivity contribution in [3.63, 3.8) is 0 Å². The van der Waals surface area contributed by atoms with Gasteiger partial charge < -0.3 is 26.8 Å². The highest BCUT2D eigenvalue weighted by Gasteiger charge is 2.24. The number of carboxylic acid groups (broad SMARTS) is 1. The molecule has 0 rings (SSSR count). The first-order valence-corrected chi connectivity index (χ1v) is 5.62. The minimum Gasteiger partial charge on any atom is -0.480 e. The summed E-state index contributed by atoms with van der Waals surface area (Å²) in [6.07, 6.45) is 0.769. The second kappa shape index (κ2) is 7.90. The maximum atomic E-state index is 11.7. The molecular weight excluding hydrogens is 256 g/mol. The normalized spacial score (nSPS) is 11.4. The first-order valence-electron chi connectivity index (χ1n) is 5.62. The molecule has 0 aliphatic carbocycles. The van der Waals surface area contributed by atoms with Gasteiger partial charge in [0.1, 0.15) is 19.1 Å². The SMILES string of the molecule is CCC[C@@H](NC(=O)N(CC(N)=O)CC(N)=O)C(=O)O. The molecule has 0 saturated heterocycles. The van der Waals surface area contributed by atoms with Crippen LogP contribution in [-0.4, -0.2) is 53.0 Å². The van der Waals surface area contributed by atoms with E-state index in [0.717, 1.165) is 4.90 Å². The number of carbonyl (C=O) groups is 4. The molecule has 9 nitrogen and oxygen atoms in total. The van der Waals surface area contributed by atoms with Gasteiger partial charge in [-0.1, -0.05) is 13.3 Å². The molecule has 0 spiro atoms. The molecule has 0 aliphatic rings. The summed E-state index contributed by atoms with van der Waals surface area (Å²) < 4.78 is 0. The average molecular weight is 274 g/mol. The molecule has 1 atom stereocenters. The highest BCUT2D eigenvalue weighted by Crippen LogP contribution is 1.99. The molecule has 0 aromatic heterocycles. The number of hydrogen-bond acceptors (Lipinski definition) is 4. The van der Waals surface area contributed by atoms with Crippen molar-refractivity contribution in [2.24, 2.45) is 11.5 Å². The molecule has 0 aromatic rings. The van der Waals surface area contributed by atoms with Gasteiger partial charge in [-0.3, -0.25) is 9.59 Å². The maximum Gasteiger partial charge on any atom is 0.326 e. The maximum absolute atomic E-state index is 11.7. The van der Waals surface area contributed by atoms with Crippen molar-refractivity contribution in [2.45, 2.75) is 25.8 Å². The number of nitrogens with one attached hydrogen (secondary N) is 1. The molecule has 0 heterocycles. The molecule has 0 fully saturated rings. The third-order valence-corrected chi connectivity index (χ3v) is 2.15. The van der Waals surface area contributed by atoms with Crippen molar-refractivity contribution >= 4 is 23.8 Å². The van der Waals surface area contributed by atoms with E-state index in [-0.39, 0.29) is 6.42 Å². The Bertz CT molecular complexity index is 355. The number of rotatable bonds is 8. The van der Waals surface area contributed by atoms with Gasteiger partial charge in [-0.05, 0) is 6.42 Å². The lowest BCUT2D eigenvalue weighted by atomic mass is 10.2. The molecule has 0 radical (unpaired) electrons. The lowest BCUT2D eigenvalue weighted by Crippen LogP contribution is -2.52. The summed E-state index contributed by atoms with van der Waals surface area (Å²) in [6.45, 7) is 0.715. The molecule has 9 heteroatoms. The van der Waals surface area contributed by atoms with Gasteiger partial charge in [0.05, 0.1) is 0 Å². The number of hydrogen-bond donors (Lipinski definition) is 4. The smallest absolute Gasteiger partial charge is 0.326 e. The van der Waals surface area contributed by atoms with E-state index in [1.165, 1.54) is 0 Å². The van der Waals surface area contributed by atoms with Crippen LogP contribution in [0.2, 0.25) is 0 Å². The fourth-order valence-corrected chi connectivity index (χ4v) is 1.36. The number of urea groups is 1. The number of nitrogens with two attached hydrogens (primary N) is 2. The van der Waals surface area contributed by atoms with E-state index in [9.17, 15) is 19.2 Å². The molecular formula is C10H18N4O5. The highest BCUT2D eigenvalue weighted by molar-refractivity contribution is 5.89. The van der Waals surface area contributed by atoms with E-state index in [1.54, 1.807) is 6.92 Å². The van der Waals surface area contributed by atoms with Crippen LogP contribution in [0.5, 0.6) is 0 Å². The first kappa shape index (κ1) is 16.7. The van der Waals surface area contributed by atoms with Crippen molar-refractivity contribution in [2.75, 3.05) is 13.1 Å². The Morgan fingerprint density at radius 3 is 1.95 bits per heavy atom. The molecule has 108 valence electrons. The van der Waals surface area contributed by atoms with Crippen LogP contribution in [0, 0.1) is 0 Å². The van der Waals surface area contributed by atoms with E-state index in [2.05, 4.69) is 5.32 Å². The van der Waals surface area contributed by atoms with Crippen LogP contribution in [0.1, 0.15) is 19.8 Å². The van der Waals surface area contributed by atoms with E-state index in [1.807, 2.05) is 0 Å². The Balaban J connectivity index is 4.72. The lowest BCUT2D eigenvalue weighted by molar-refractivity contribution is -0.139. The highest BCUT2D eigenvalue weighted by atomic mass is 16.4. The van der Waals surface area contributed by atoms with Crippen molar-refractivity contribution in [3.05, 3.63) is 0 Å². The van der Waals surface area contributed by atoms with Crippen molar-refractivity contribution in [1.29, 1.82) is 0 Å². The van der Waals surface area contributed by atoms with Gasteiger partial charge in [0.15, 0.2) is 0 Å². The third-order valence-electron chi connectivity index (χ3n) is 2.15. The molecule has 19 heavy (non-hydrogen) atoms. The van der Waals surface area contributed by atoms with E-state index in [0.29, 0.717) is 6.42 Å². The fourth-order valence-electron chi connectivity index (χ4n) is 1.36. The average Bonchev–Trinajstić information content (AvgIpc) is 2.25. The molecule has 0 saturated carbocycles. The second-order valence-corrected chi connectivity index (χ2v) is 3.92. The Morgan fingerprint density at radius 1 is 1.16 bits per heavy atom. The van der Waals surface area contributed by atoms with E-state index >= 15 is 0 Å². The molecule has 0 aliphatic heterocycles. The molecule has 4 amide bonds. The van der Waals surface area contributed by atoms with Crippen LogP contribution < -0.4 is 16.8 Å². The summed E-state index contributed by atoms with van der Waals surface area (Å²) in [6, 6.07) is -1.97. The zero-order valence-corrected chi connectivity index (χ0v) is 10.6. The zero-order chi connectivity index (χ0) is 15.0. The van der Waals surface area contributed by atoms with Crippen LogP contribution in [-0.2, 0) is 14.4 Å². The molecule has 0 aromatic carbocycles. The van der Waals surface area contributed by atoms with Crippen molar-refractivity contribution in [3.8, 4) is 0 Å². The second-order valence-electron chi connectivity index (χ2n) is 3.92. The predicted octanol–water partition coefficient (Wildman–Crippen LogP) is -1.78. The van der Waals surface area contributed by atoms with Crippen LogP contribution in [0.4, 0.5) is 4.79 Å². The summed E-state index contributed by atoms with van der Waals surface area (Å²) >= 11 is 0. The Hall–Kier alpha value is -2.32. The predicted molar refractivity (Wildman–Crippen MR) is 64.8 cm³/mol. The Morgan fingerprint density at radius 2 is 1.63 bits per heavy atom. The number of aliphatic carboxylic acids is 1. The first-order chi connectivity index (χ1) is 8.77. The van der Waals surface area contributed by atoms with Crippen LogP contribution >= 0.6 is 0 Å². The van der Waals surface area contributed by atoms with Gasteiger partial charge in [-0.15, -0.1) is 0 Å². The fraction of sp³-hybridized carbons (Fsp3) is 0.600. The van der Waals surface area contributed by atoms with Gasteiger partial charge in [-0.25, -0.2) is 9.59 Å². The van der Waals surface area contributed by atoms with Crippen LogP contribution in [0.25, 0.3) is 0 Å². The molecule has 6 N–H and O–H groups in total. The Labute approximate surface area is 109 Å². The third kappa shape index (κ3) is 6.86. The van der Waals surface area contributed by atoms with E-state index in [4.69, 9.17) is 16.6 Å². The van der Waals surface area contributed by atoms with E-state index < -0.39 is 42.9 Å². The van der Waals surface area contributed by atoms with Gasteiger partial charge in [0, 0.05) is 0 Å². The largest absolute Gasteiger partial charge is 0.480 e. The number of carbonyl (C=O) groups excluding carboxylic acids is 3. The number of nitrogens with zero attached hydrogens (tertiary/aromatic N) is 1. The molecule has 0 unspecified atom stereocenters. The minimum absolute atomic E-state index is 0.224. The van der Waals surface area contributed by atoms with Gasteiger partial charge in [0.25, 0.3) is 0 Å². The van der Waals surface area contributed by atoms with Crippen LogP contribution in [0.15, 0.2) is 0 Å². The summed E-state index contributed by atoms with van der Waals surface area (Å²) in [7, 11) is 0. The van der Waals surface area contributed by atoms with Crippen molar-refractivity contribution < 1.29 is 24.3 Å². The van der Waals surface area contributed by atoms with Crippen LogP contribution in [0.3, 0.4) is 0 Å². The van der Waals surface area contributed by atoms with Gasteiger partial charge >= 0.3 is 12.0 Å². The van der Waals surface area contributed by atoms with Gasteiger partial charge in [0.2, 0.25) is 11.8 Å². The van der Waals surface area contributed by atoms with Gasteiger partial charge in [-0.2, -0.15) is 0 Å². The summed E-state index contributed by atoms with van der Waals surface area (Å²) in [5, 5.41) is 11.1. The monoisotopic (exact) mass is 274 g/mol. The number of amides is 4. The zero-order valence-electron chi connectivity index (χ0n) is 10.6. The minimum atomic E-state index is -1.20. The summed E-state index contributed by atoms with van der Waals surface area (Å²) in [4.78, 5) is 44.9. The number of primary amides is 2. The topological polar surface area (TPSA) is 156 Å². The number of carboxylic acids is 1. The van der Waals surface area contributed by atoms with Crippen molar-refractivity contribution in [1.82, 2.24) is 10.2 Å². The lowest BCUT2D eigenvalue weighted by Gasteiger charge is -2.22. The molecule has 0 bridgehead atoms. The standard InChI is InChI=1S/C10H18N4O5/c1-2-3-6(9(17)18)13-10(19)14(4-7(11)15)5-8(12)16/h6H,2-5H2,1H3,(H2,11,15)(H2,12,16)(H,13,19)(H,17,18)/t6-/m1/s1. The Kier molecular flexibility index (Phi) is 6.94. The summed E-state index contributed by atoms with van der Waals surface area (Å²) in [5.41, 5.74) is 9.85. The quantitative estimate of drug-likeness (QED) is 0.411.